The molecule has 5 heteroatoms. The number of carbonyl (C=O) groups excluding carboxylic acids is 2. The largest absolute Gasteiger partial charge is 0.869 e. The Morgan fingerprint density at radius 1 is 0.955 bits per heavy atom. The molecule has 0 radical (unpaired) electrons. The maximum atomic E-state index is 12.7. The summed E-state index contributed by atoms with van der Waals surface area (Å²) in [5.74, 6) is -1.35. The van der Waals surface area contributed by atoms with Crippen LogP contribution in [0, 0.1) is 3.57 Å². The fourth-order valence-corrected chi connectivity index (χ4v) is 4.63. The third kappa shape index (κ3) is 2.41. The van der Waals surface area contributed by atoms with Gasteiger partial charge in [-0.05, 0) is 24.0 Å². The molecule has 1 aliphatic rings. The minimum Gasteiger partial charge on any atom is -0.869 e. The van der Waals surface area contributed by atoms with Crippen molar-refractivity contribution in [3.63, 3.8) is 0 Å². The van der Waals surface area contributed by atoms with Crippen molar-refractivity contribution in [3.8, 4) is 5.75 Å². The molecule has 0 spiro atoms. The number of Topliss-reactive ketones (excluding diaryl/α,β-unsaturated/α-hetero) is 2. The second kappa shape index (κ2) is 5.92. The molecule has 110 valence electrons. The maximum absolute atomic E-state index is 12.7. The first-order valence-corrected chi connectivity index (χ1v) is 8.66. The fraction of sp³-hybridized carbons (Fsp3) is 0.0588. The van der Waals surface area contributed by atoms with Crippen LogP contribution in [0.4, 0.5) is 0 Å². The Morgan fingerprint density at radius 2 is 1.68 bits per heavy atom. The van der Waals surface area contributed by atoms with Crippen LogP contribution < -0.4 is 31.0 Å². The first kappa shape index (κ1) is 14.8. The number of carbonyl (C=O) groups is 2. The van der Waals surface area contributed by atoms with Crippen LogP contribution in [-0.2, 0) is 4.79 Å². The number of hydrogen-bond acceptors (Lipinski definition) is 4. The summed E-state index contributed by atoms with van der Waals surface area (Å²) in [6, 6.07) is 14.0. The second-order valence-electron chi connectivity index (χ2n) is 4.57. The molecule has 0 saturated carbocycles. The van der Waals surface area contributed by atoms with Crippen molar-refractivity contribution in [2.45, 2.75) is 0 Å². The van der Waals surface area contributed by atoms with Crippen molar-refractivity contribution in [2.24, 2.45) is 0 Å². The minimum absolute atomic E-state index is 0.104. The van der Waals surface area contributed by atoms with E-state index in [9.17, 15) is 14.7 Å². The molecule has 0 saturated heterocycles. The first-order valence-electron chi connectivity index (χ1n) is 6.51. The summed E-state index contributed by atoms with van der Waals surface area (Å²) in [6.07, 6.45) is 0. The van der Waals surface area contributed by atoms with E-state index in [4.69, 9.17) is 4.74 Å². The highest BCUT2D eigenvalue weighted by atomic mass is 127. The number of allylic oxidation sites excluding steroid dienone is 1. The van der Waals surface area contributed by atoms with Gasteiger partial charge in [-0.25, -0.2) is 0 Å². The lowest BCUT2D eigenvalue weighted by atomic mass is 9.93. The number of ketones is 2. The van der Waals surface area contributed by atoms with Crippen molar-refractivity contribution >= 4 is 17.3 Å². The monoisotopic (exact) mass is 406 g/mol. The van der Waals surface area contributed by atoms with Crippen molar-refractivity contribution in [1.82, 2.24) is 0 Å². The summed E-state index contributed by atoms with van der Waals surface area (Å²) in [5, 5.41) is 12.7. The van der Waals surface area contributed by atoms with Gasteiger partial charge in [0.15, 0.2) is 3.57 Å². The van der Waals surface area contributed by atoms with Gasteiger partial charge in [-0.3, -0.25) is 9.59 Å². The molecule has 0 fully saturated rings. The molecule has 0 amide bonds. The predicted octanol–water partition coefficient (Wildman–Crippen LogP) is -1.55. The Morgan fingerprint density at radius 3 is 2.36 bits per heavy atom. The first-order chi connectivity index (χ1) is 10.6. The minimum atomic E-state index is -1.00. The van der Waals surface area contributed by atoms with Crippen LogP contribution >= 0.6 is 0 Å². The summed E-state index contributed by atoms with van der Waals surface area (Å²) >= 11 is -1.00. The van der Waals surface area contributed by atoms with E-state index in [-0.39, 0.29) is 20.5 Å². The highest BCUT2D eigenvalue weighted by Gasteiger charge is 2.39. The van der Waals surface area contributed by atoms with E-state index in [2.05, 4.69) is 0 Å². The highest BCUT2D eigenvalue weighted by molar-refractivity contribution is 6.51. The van der Waals surface area contributed by atoms with Crippen molar-refractivity contribution < 1.29 is 40.6 Å². The van der Waals surface area contributed by atoms with Gasteiger partial charge in [-0.1, -0.05) is 30.3 Å². The number of fused-ring (bicyclic) bond motifs is 1. The van der Waals surface area contributed by atoms with Crippen molar-refractivity contribution in [2.75, 3.05) is 7.11 Å². The number of ether oxygens (including phenoxy) is 1. The Hall–Kier alpha value is -2.15. The zero-order chi connectivity index (χ0) is 15.7. The summed E-state index contributed by atoms with van der Waals surface area (Å²) in [7, 11) is 1.44. The standard InChI is InChI=1S/C17H11IO4/c1-22-12-9-5-8-11-13(12)16(20)14(17(21)15(11)19)18-10-6-3-2-4-7-10/h2-9H,1H3. The van der Waals surface area contributed by atoms with E-state index in [1.807, 2.05) is 30.3 Å². The molecule has 0 N–H and O–H groups in total. The van der Waals surface area contributed by atoms with Crippen LogP contribution in [-0.4, -0.2) is 18.7 Å². The van der Waals surface area contributed by atoms with Crippen LogP contribution in [0.3, 0.4) is 0 Å². The number of halogens is 1. The van der Waals surface area contributed by atoms with Crippen LogP contribution in [0.15, 0.2) is 52.1 Å². The van der Waals surface area contributed by atoms with Gasteiger partial charge < -0.3 is 9.84 Å². The summed E-state index contributed by atoms with van der Waals surface area (Å²) < 4.78 is 6.20. The van der Waals surface area contributed by atoms with E-state index in [0.29, 0.717) is 5.75 Å². The Kier molecular flexibility index (Phi) is 3.98. The molecule has 0 aliphatic heterocycles. The van der Waals surface area contributed by atoms with E-state index < -0.39 is 32.8 Å². The van der Waals surface area contributed by atoms with Gasteiger partial charge in [0, 0.05) is 11.1 Å². The number of benzene rings is 2. The Balaban J connectivity index is 2.16. The van der Waals surface area contributed by atoms with Crippen molar-refractivity contribution in [1.29, 1.82) is 0 Å². The molecule has 0 unspecified atom stereocenters. The lowest BCUT2D eigenvalue weighted by molar-refractivity contribution is -0.572. The molecular weight excluding hydrogens is 395 g/mol. The summed E-state index contributed by atoms with van der Waals surface area (Å²) in [5.41, 5.74) is 0.343. The summed E-state index contributed by atoms with van der Waals surface area (Å²) in [6.45, 7) is 0. The Labute approximate surface area is 137 Å². The predicted molar refractivity (Wildman–Crippen MR) is 74.4 cm³/mol. The molecular formula is C17H11IO4. The van der Waals surface area contributed by atoms with Gasteiger partial charge in [0.05, 0.1) is 7.11 Å². The van der Waals surface area contributed by atoms with Crippen LogP contribution in [0.1, 0.15) is 15.9 Å². The average molecular weight is 406 g/mol. The van der Waals surface area contributed by atoms with E-state index in [1.165, 1.54) is 13.2 Å². The molecule has 0 bridgehead atoms. The molecule has 1 aliphatic carbocycles. The van der Waals surface area contributed by atoms with Gasteiger partial charge in [0.2, 0.25) is 9.36 Å². The third-order valence-electron chi connectivity index (χ3n) is 3.26. The van der Waals surface area contributed by atoms with E-state index >= 15 is 0 Å². The average Bonchev–Trinajstić information content (AvgIpc) is 2.57. The summed E-state index contributed by atoms with van der Waals surface area (Å²) in [4.78, 5) is 24.6. The Bertz CT molecular complexity index is 794. The van der Waals surface area contributed by atoms with Gasteiger partial charge in [0.1, 0.15) is 5.75 Å². The van der Waals surface area contributed by atoms with Gasteiger partial charge in [-0.15, -0.1) is 0 Å². The van der Waals surface area contributed by atoms with E-state index in [0.717, 1.165) is 3.57 Å². The lowest BCUT2D eigenvalue weighted by Gasteiger charge is -2.22. The highest BCUT2D eigenvalue weighted by Crippen LogP contribution is 2.31. The van der Waals surface area contributed by atoms with Crippen LogP contribution in [0.5, 0.6) is 5.75 Å². The molecule has 22 heavy (non-hydrogen) atoms. The normalized spacial score (nSPS) is 14.0. The number of hydrogen-bond donors (Lipinski definition) is 0. The second-order valence-corrected chi connectivity index (χ2v) is 7.44. The fourth-order valence-electron chi connectivity index (χ4n) is 2.23. The zero-order valence-corrected chi connectivity index (χ0v) is 13.8. The van der Waals surface area contributed by atoms with Gasteiger partial charge in [0.25, 0.3) is 5.78 Å². The topological polar surface area (TPSA) is 66.4 Å². The molecule has 3 rings (SSSR count). The number of rotatable bonds is 3. The zero-order valence-electron chi connectivity index (χ0n) is 11.6. The molecule has 4 nitrogen and oxygen atoms in total. The third-order valence-corrected chi connectivity index (χ3v) is 6.12. The lowest BCUT2D eigenvalue weighted by Crippen LogP contribution is -3.61. The van der Waals surface area contributed by atoms with Crippen molar-refractivity contribution in [3.05, 3.63) is 66.8 Å². The SMILES string of the molecule is COc1cccc2c1C([O-])=C([I+]c1ccccc1)C(=O)C2=O. The molecule has 2 aromatic carbocycles. The molecule has 0 heterocycles. The maximum Gasteiger partial charge on any atom is 0.361 e. The quantitative estimate of drug-likeness (QED) is 0.458. The van der Waals surface area contributed by atoms with Gasteiger partial charge in [-0.2, -0.15) is 0 Å². The number of methoxy groups -OCH3 is 1. The van der Waals surface area contributed by atoms with Gasteiger partial charge >= 0.3 is 21.2 Å². The smallest absolute Gasteiger partial charge is 0.361 e. The van der Waals surface area contributed by atoms with Crippen LogP contribution in [0.2, 0.25) is 0 Å². The van der Waals surface area contributed by atoms with E-state index in [1.54, 1.807) is 12.1 Å². The van der Waals surface area contributed by atoms with Crippen LogP contribution in [0.25, 0.3) is 5.76 Å². The molecule has 0 atom stereocenters. The molecule has 2 aromatic rings. The molecule has 0 aromatic heterocycles.